The molecule has 0 saturated carbocycles. The first-order chi connectivity index (χ1) is 15.3. The molecular formula is C25H32O7. The first kappa shape index (κ1) is 23.6. The zero-order chi connectivity index (χ0) is 23.6. The Hall–Kier alpha value is -3.09. The fourth-order valence-electron chi connectivity index (χ4n) is 4.46. The number of carbonyl (C=O) groups excluding carboxylic acids is 1. The van der Waals surface area contributed by atoms with Gasteiger partial charge in [-0.25, -0.2) is 0 Å². The molecule has 7 nitrogen and oxygen atoms in total. The molecule has 0 aliphatic heterocycles. The molecule has 2 aromatic rings. The third-order valence-electron chi connectivity index (χ3n) is 6.16. The number of benzene rings is 2. The van der Waals surface area contributed by atoms with Gasteiger partial charge in [0.25, 0.3) is 0 Å². The van der Waals surface area contributed by atoms with Crippen LogP contribution in [0.2, 0.25) is 0 Å². The van der Waals surface area contributed by atoms with Crippen molar-refractivity contribution in [1.29, 1.82) is 0 Å². The summed E-state index contributed by atoms with van der Waals surface area (Å²) in [5.41, 5.74) is 3.74. The van der Waals surface area contributed by atoms with Crippen LogP contribution in [-0.4, -0.2) is 41.5 Å². The van der Waals surface area contributed by atoms with E-state index in [1.807, 2.05) is 12.1 Å². The van der Waals surface area contributed by atoms with Crippen LogP contribution in [0.25, 0.3) is 11.1 Å². The van der Waals surface area contributed by atoms with Gasteiger partial charge in [0.2, 0.25) is 11.5 Å². The van der Waals surface area contributed by atoms with Gasteiger partial charge in [-0.05, 0) is 47.9 Å². The van der Waals surface area contributed by atoms with E-state index in [9.17, 15) is 4.79 Å². The lowest BCUT2D eigenvalue weighted by Crippen LogP contribution is -2.18. The first-order valence-electron chi connectivity index (χ1n) is 10.6. The van der Waals surface area contributed by atoms with Gasteiger partial charge in [-0.3, -0.25) is 4.79 Å². The van der Waals surface area contributed by atoms with Crippen molar-refractivity contribution in [2.45, 2.75) is 33.6 Å². The van der Waals surface area contributed by atoms with Gasteiger partial charge in [0, 0.05) is 18.1 Å². The normalized spacial score (nSPS) is 17.2. The minimum Gasteiger partial charge on any atom is -0.493 e. The molecule has 2 atom stereocenters. The van der Waals surface area contributed by atoms with Crippen LogP contribution in [0.1, 0.15) is 31.9 Å². The number of esters is 1. The van der Waals surface area contributed by atoms with E-state index in [0.717, 1.165) is 35.1 Å². The Labute approximate surface area is 189 Å². The second kappa shape index (κ2) is 9.59. The fraction of sp³-hybridized carbons (Fsp3) is 0.480. The van der Waals surface area contributed by atoms with Gasteiger partial charge in [-0.1, -0.05) is 13.8 Å². The minimum absolute atomic E-state index is 0.331. The summed E-state index contributed by atoms with van der Waals surface area (Å²) in [6, 6.07) is 3.87. The van der Waals surface area contributed by atoms with Crippen LogP contribution in [0.3, 0.4) is 0 Å². The van der Waals surface area contributed by atoms with E-state index < -0.39 is 5.97 Å². The SMILES string of the molecule is COc1cc2c(c(OC)c1OC)-c1c(cc(OC(C)=O)c(OC)c1OC)C[C@H](C)[C@H](C)C2. The molecule has 1 aliphatic rings. The van der Waals surface area contributed by atoms with E-state index in [4.69, 9.17) is 28.4 Å². The van der Waals surface area contributed by atoms with Crippen molar-refractivity contribution >= 4 is 5.97 Å². The lowest BCUT2D eigenvalue weighted by Gasteiger charge is -2.30. The maximum absolute atomic E-state index is 11.8. The standard InChI is InChI=1S/C25H32O7/c1-13-9-16-11-18(27-4)22(28-5)24(30-7)20(16)21-17(10-14(13)2)12-19(32-15(3)26)23(29-6)25(21)31-8/h11-14H,9-10H2,1-8H3/t13-,14+/m1/s1. The van der Waals surface area contributed by atoms with Gasteiger partial charge >= 0.3 is 5.97 Å². The minimum atomic E-state index is -0.429. The van der Waals surface area contributed by atoms with Crippen LogP contribution >= 0.6 is 0 Å². The molecule has 0 heterocycles. The fourth-order valence-corrected chi connectivity index (χ4v) is 4.46. The Bertz CT molecular complexity index is 1010. The van der Waals surface area contributed by atoms with E-state index in [2.05, 4.69) is 13.8 Å². The topological polar surface area (TPSA) is 72.5 Å². The number of hydrogen-bond donors (Lipinski definition) is 0. The van der Waals surface area contributed by atoms with Gasteiger partial charge in [-0.2, -0.15) is 0 Å². The highest BCUT2D eigenvalue weighted by Crippen LogP contribution is 2.55. The zero-order valence-electron chi connectivity index (χ0n) is 20.1. The third-order valence-corrected chi connectivity index (χ3v) is 6.16. The predicted molar refractivity (Wildman–Crippen MR) is 122 cm³/mol. The van der Waals surface area contributed by atoms with Crippen molar-refractivity contribution in [3.05, 3.63) is 23.3 Å². The highest BCUT2D eigenvalue weighted by Gasteiger charge is 2.33. The summed E-state index contributed by atoms with van der Waals surface area (Å²) in [7, 11) is 7.91. The Morgan fingerprint density at radius 1 is 0.688 bits per heavy atom. The molecule has 0 aromatic heterocycles. The zero-order valence-corrected chi connectivity index (χ0v) is 20.1. The van der Waals surface area contributed by atoms with Crippen molar-refractivity contribution < 1.29 is 33.2 Å². The van der Waals surface area contributed by atoms with Crippen LogP contribution < -0.4 is 28.4 Å². The molecule has 174 valence electrons. The molecule has 3 rings (SSSR count). The molecule has 0 spiro atoms. The van der Waals surface area contributed by atoms with E-state index in [1.54, 1.807) is 28.4 Å². The lowest BCUT2D eigenvalue weighted by molar-refractivity contribution is -0.132. The third kappa shape index (κ3) is 4.04. The molecule has 0 fully saturated rings. The second-order valence-electron chi connectivity index (χ2n) is 8.11. The summed E-state index contributed by atoms with van der Waals surface area (Å²) in [6.45, 7) is 5.82. The molecule has 2 aromatic carbocycles. The Kier molecular flexibility index (Phi) is 7.06. The number of rotatable bonds is 6. The van der Waals surface area contributed by atoms with Gasteiger partial charge < -0.3 is 28.4 Å². The monoisotopic (exact) mass is 444 g/mol. The van der Waals surface area contributed by atoms with Crippen LogP contribution in [0.5, 0.6) is 34.5 Å². The molecule has 0 saturated heterocycles. The Balaban J connectivity index is 2.50. The average Bonchev–Trinajstić information content (AvgIpc) is 2.76. The number of methoxy groups -OCH3 is 5. The van der Waals surface area contributed by atoms with E-state index in [1.165, 1.54) is 14.0 Å². The summed E-state index contributed by atoms with van der Waals surface area (Å²) < 4.78 is 34.1. The molecule has 32 heavy (non-hydrogen) atoms. The quantitative estimate of drug-likeness (QED) is 0.473. The number of ether oxygens (including phenoxy) is 6. The summed E-state index contributed by atoms with van der Waals surface area (Å²) in [6.07, 6.45) is 1.59. The van der Waals surface area contributed by atoms with E-state index in [-0.39, 0.29) is 0 Å². The second-order valence-corrected chi connectivity index (χ2v) is 8.11. The molecular weight excluding hydrogens is 412 g/mol. The maximum atomic E-state index is 11.8. The average molecular weight is 445 g/mol. The van der Waals surface area contributed by atoms with Gasteiger partial charge in [-0.15, -0.1) is 0 Å². The lowest BCUT2D eigenvalue weighted by atomic mass is 9.77. The van der Waals surface area contributed by atoms with Gasteiger partial charge in [0.15, 0.2) is 23.0 Å². The Morgan fingerprint density at radius 3 is 1.47 bits per heavy atom. The number of carbonyl (C=O) groups is 1. The number of hydrogen-bond acceptors (Lipinski definition) is 7. The molecule has 0 unspecified atom stereocenters. The van der Waals surface area contributed by atoms with E-state index >= 15 is 0 Å². The summed E-state index contributed by atoms with van der Waals surface area (Å²) in [5, 5.41) is 0. The van der Waals surface area contributed by atoms with Crippen molar-refractivity contribution in [3.8, 4) is 45.6 Å². The number of fused-ring (bicyclic) bond motifs is 3. The van der Waals surface area contributed by atoms with Gasteiger partial charge in [0.1, 0.15) is 0 Å². The predicted octanol–water partition coefficient (Wildman–Crippen LogP) is 4.69. The molecule has 0 N–H and O–H groups in total. The highest BCUT2D eigenvalue weighted by molar-refractivity contribution is 5.89. The highest BCUT2D eigenvalue weighted by atomic mass is 16.6. The maximum Gasteiger partial charge on any atom is 0.308 e. The summed E-state index contributed by atoms with van der Waals surface area (Å²) in [5.74, 6) is 3.16. The van der Waals surface area contributed by atoms with Crippen LogP contribution in [0.15, 0.2) is 12.1 Å². The molecule has 0 radical (unpaired) electrons. The van der Waals surface area contributed by atoms with Crippen LogP contribution in [0.4, 0.5) is 0 Å². The van der Waals surface area contributed by atoms with Crippen LogP contribution in [-0.2, 0) is 17.6 Å². The molecule has 0 amide bonds. The van der Waals surface area contributed by atoms with Crippen LogP contribution in [0, 0.1) is 11.8 Å². The van der Waals surface area contributed by atoms with Crippen molar-refractivity contribution in [3.63, 3.8) is 0 Å². The summed E-state index contributed by atoms with van der Waals surface area (Å²) in [4.78, 5) is 11.8. The van der Waals surface area contributed by atoms with Gasteiger partial charge in [0.05, 0.1) is 35.5 Å². The molecule has 0 bridgehead atoms. The smallest absolute Gasteiger partial charge is 0.308 e. The first-order valence-corrected chi connectivity index (χ1v) is 10.6. The summed E-state index contributed by atoms with van der Waals surface area (Å²) >= 11 is 0. The van der Waals surface area contributed by atoms with E-state index in [0.29, 0.717) is 46.3 Å². The van der Waals surface area contributed by atoms with Crippen molar-refractivity contribution in [2.75, 3.05) is 35.5 Å². The largest absolute Gasteiger partial charge is 0.493 e. The molecule has 7 heteroatoms. The van der Waals surface area contributed by atoms with Crippen molar-refractivity contribution in [2.24, 2.45) is 11.8 Å². The Morgan fingerprint density at radius 2 is 1.09 bits per heavy atom. The molecule has 1 aliphatic carbocycles. The van der Waals surface area contributed by atoms with Crippen molar-refractivity contribution in [1.82, 2.24) is 0 Å².